The molecule has 8 heteroatoms. The van der Waals surface area contributed by atoms with Crippen LogP contribution in [0.4, 0.5) is 5.69 Å². The van der Waals surface area contributed by atoms with E-state index in [9.17, 15) is 14.9 Å². The van der Waals surface area contributed by atoms with Crippen LogP contribution in [0.1, 0.15) is 15.2 Å². The molecule has 3 aromatic carbocycles. The summed E-state index contributed by atoms with van der Waals surface area (Å²) in [6.07, 6.45) is 0. The lowest BCUT2D eigenvalue weighted by molar-refractivity contribution is -0.384. The molecule has 6 nitrogen and oxygen atoms in total. The number of fused-ring (bicyclic) bond motifs is 2. The molecule has 5 rings (SSSR count). The topological polar surface area (TPSA) is 66.7 Å². The zero-order valence-electron chi connectivity index (χ0n) is 17.2. The quantitative estimate of drug-likeness (QED) is 0.292. The van der Waals surface area contributed by atoms with Gasteiger partial charge in [0.15, 0.2) is 0 Å². The van der Waals surface area contributed by atoms with Crippen molar-refractivity contribution in [3.05, 3.63) is 86.2 Å². The van der Waals surface area contributed by atoms with Gasteiger partial charge in [-0.1, -0.05) is 54.1 Å². The number of carbonyl (C=O) groups excluding carboxylic acids is 1. The summed E-state index contributed by atoms with van der Waals surface area (Å²) in [7, 11) is 0. The van der Waals surface area contributed by atoms with Crippen molar-refractivity contribution in [2.75, 3.05) is 26.2 Å². The van der Waals surface area contributed by atoms with E-state index in [2.05, 4.69) is 41.3 Å². The Morgan fingerprint density at radius 1 is 1.00 bits per heavy atom. The first-order chi connectivity index (χ1) is 15.5. The smallest absolute Gasteiger partial charge is 0.270 e. The van der Waals surface area contributed by atoms with Crippen LogP contribution in [0, 0.1) is 10.1 Å². The van der Waals surface area contributed by atoms with Crippen molar-refractivity contribution in [1.29, 1.82) is 0 Å². The van der Waals surface area contributed by atoms with E-state index in [1.54, 1.807) is 6.07 Å². The molecule has 0 unspecified atom stereocenters. The third-order valence-corrected chi connectivity index (χ3v) is 7.60. The summed E-state index contributed by atoms with van der Waals surface area (Å²) in [5.74, 6) is -0.108. The van der Waals surface area contributed by atoms with Crippen molar-refractivity contribution >= 4 is 55.4 Å². The van der Waals surface area contributed by atoms with Crippen LogP contribution in [0.3, 0.4) is 0 Å². The number of hydrogen-bond donors (Lipinski definition) is 0. The maximum atomic E-state index is 13.1. The van der Waals surface area contributed by atoms with Crippen LogP contribution in [-0.4, -0.2) is 46.8 Å². The van der Waals surface area contributed by atoms with E-state index in [0.717, 1.165) is 19.6 Å². The summed E-state index contributed by atoms with van der Waals surface area (Å²) < 4.78 is 0.655. The number of hydrogen-bond acceptors (Lipinski definition) is 5. The van der Waals surface area contributed by atoms with Gasteiger partial charge in [0.05, 0.1) is 9.95 Å². The zero-order valence-corrected chi connectivity index (χ0v) is 18.7. The highest BCUT2D eigenvalue weighted by Gasteiger charge is 2.26. The van der Waals surface area contributed by atoms with Crippen molar-refractivity contribution in [2.45, 2.75) is 6.54 Å². The zero-order chi connectivity index (χ0) is 22.2. The second-order valence-corrected chi connectivity index (χ2v) is 9.32. The average molecular weight is 466 g/mol. The van der Waals surface area contributed by atoms with Gasteiger partial charge in [0.25, 0.3) is 11.6 Å². The third kappa shape index (κ3) is 3.83. The number of rotatable bonds is 4. The fraction of sp³-hybridized carbons (Fsp3) is 0.208. The van der Waals surface area contributed by atoms with E-state index in [0.29, 0.717) is 33.1 Å². The van der Waals surface area contributed by atoms with Gasteiger partial charge >= 0.3 is 0 Å². The fourth-order valence-electron chi connectivity index (χ4n) is 4.23. The van der Waals surface area contributed by atoms with Gasteiger partial charge in [-0.3, -0.25) is 19.8 Å². The van der Waals surface area contributed by atoms with E-state index in [1.165, 1.54) is 39.8 Å². The molecule has 0 aliphatic carbocycles. The minimum atomic E-state index is -0.441. The molecule has 0 spiro atoms. The summed E-state index contributed by atoms with van der Waals surface area (Å²) in [5, 5.41) is 14.6. The molecule has 0 radical (unpaired) electrons. The first kappa shape index (κ1) is 20.9. The van der Waals surface area contributed by atoms with E-state index in [-0.39, 0.29) is 11.6 Å². The van der Waals surface area contributed by atoms with Gasteiger partial charge in [-0.15, -0.1) is 11.3 Å². The molecular weight excluding hydrogens is 446 g/mol. The number of nitro groups is 1. The van der Waals surface area contributed by atoms with Crippen LogP contribution in [0.5, 0.6) is 0 Å². The third-order valence-electron chi connectivity index (χ3n) is 5.95. The highest BCUT2D eigenvalue weighted by atomic mass is 35.5. The molecule has 1 amide bonds. The highest BCUT2D eigenvalue weighted by molar-refractivity contribution is 7.21. The Morgan fingerprint density at radius 3 is 2.53 bits per heavy atom. The number of piperazine rings is 1. The first-order valence-electron chi connectivity index (χ1n) is 10.4. The predicted molar refractivity (Wildman–Crippen MR) is 129 cm³/mol. The van der Waals surface area contributed by atoms with Crippen LogP contribution < -0.4 is 0 Å². The molecule has 0 bridgehead atoms. The molecule has 0 atom stereocenters. The van der Waals surface area contributed by atoms with E-state index >= 15 is 0 Å². The van der Waals surface area contributed by atoms with Crippen molar-refractivity contribution in [3.63, 3.8) is 0 Å². The lowest BCUT2D eigenvalue weighted by atomic mass is 10.0. The molecule has 1 saturated heterocycles. The maximum absolute atomic E-state index is 13.1. The van der Waals surface area contributed by atoms with Crippen LogP contribution in [-0.2, 0) is 6.54 Å². The van der Waals surface area contributed by atoms with Crippen LogP contribution in [0.2, 0.25) is 5.02 Å². The Morgan fingerprint density at radius 2 is 1.75 bits per heavy atom. The second kappa shape index (κ2) is 8.50. The Kier molecular flexibility index (Phi) is 5.55. The summed E-state index contributed by atoms with van der Waals surface area (Å²) in [5.41, 5.74) is 1.29. The van der Waals surface area contributed by atoms with Gasteiger partial charge in [0, 0.05) is 54.9 Å². The van der Waals surface area contributed by atoms with Crippen molar-refractivity contribution in [2.24, 2.45) is 0 Å². The molecule has 2 heterocycles. The number of halogens is 1. The van der Waals surface area contributed by atoms with Crippen LogP contribution in [0.15, 0.2) is 60.7 Å². The molecule has 1 aliphatic heterocycles. The van der Waals surface area contributed by atoms with Gasteiger partial charge < -0.3 is 4.90 Å². The molecule has 0 saturated carbocycles. The normalized spacial score (nSPS) is 14.8. The largest absolute Gasteiger partial charge is 0.335 e. The molecular formula is C24H20ClN3O3S. The minimum absolute atomic E-state index is 0.00327. The first-order valence-corrected chi connectivity index (χ1v) is 11.6. The SMILES string of the molecule is O=C(c1sc2cc([N+](=O)[O-])ccc2c1Cl)N1CCN(Cc2cccc3ccccc23)CC1. The van der Waals surface area contributed by atoms with E-state index in [4.69, 9.17) is 11.6 Å². The molecule has 32 heavy (non-hydrogen) atoms. The number of benzene rings is 3. The van der Waals surface area contributed by atoms with Crippen molar-refractivity contribution in [3.8, 4) is 0 Å². The molecule has 1 fully saturated rings. The van der Waals surface area contributed by atoms with E-state index < -0.39 is 4.92 Å². The molecule has 0 N–H and O–H groups in total. The number of non-ortho nitro benzene ring substituents is 1. The van der Waals surface area contributed by atoms with E-state index in [1.807, 2.05) is 11.0 Å². The number of nitro benzene ring substituents is 1. The Labute approximate surface area is 193 Å². The molecule has 1 aliphatic rings. The molecule has 162 valence electrons. The lowest BCUT2D eigenvalue weighted by Crippen LogP contribution is -2.48. The summed E-state index contributed by atoms with van der Waals surface area (Å²) in [6.45, 7) is 3.64. The van der Waals surface area contributed by atoms with Crippen molar-refractivity contribution in [1.82, 2.24) is 9.80 Å². The van der Waals surface area contributed by atoms with Crippen LogP contribution in [0.25, 0.3) is 20.9 Å². The number of amides is 1. The standard InChI is InChI=1S/C24H20ClN3O3S/c25-22-20-9-8-18(28(30)31)14-21(20)32-23(22)24(29)27-12-10-26(11-13-27)15-17-6-3-5-16-4-1-2-7-19(16)17/h1-9,14H,10-13,15H2. The van der Waals surface area contributed by atoms with Gasteiger partial charge in [-0.05, 0) is 22.4 Å². The van der Waals surface area contributed by atoms with Gasteiger partial charge in [-0.2, -0.15) is 0 Å². The summed E-state index contributed by atoms with van der Waals surface area (Å²) in [4.78, 5) is 28.4. The Balaban J connectivity index is 1.29. The van der Waals surface area contributed by atoms with Gasteiger partial charge in [0.2, 0.25) is 0 Å². The number of nitrogens with zero attached hydrogens (tertiary/aromatic N) is 3. The lowest BCUT2D eigenvalue weighted by Gasteiger charge is -2.34. The molecule has 4 aromatic rings. The Hall–Kier alpha value is -3.00. The van der Waals surface area contributed by atoms with Gasteiger partial charge in [-0.25, -0.2) is 0 Å². The summed E-state index contributed by atoms with van der Waals surface area (Å²) >= 11 is 7.70. The van der Waals surface area contributed by atoms with Gasteiger partial charge in [0.1, 0.15) is 4.88 Å². The van der Waals surface area contributed by atoms with Crippen molar-refractivity contribution < 1.29 is 9.72 Å². The maximum Gasteiger partial charge on any atom is 0.270 e. The highest BCUT2D eigenvalue weighted by Crippen LogP contribution is 2.38. The second-order valence-electron chi connectivity index (χ2n) is 7.89. The Bertz CT molecular complexity index is 1340. The minimum Gasteiger partial charge on any atom is -0.335 e. The van der Waals surface area contributed by atoms with Crippen LogP contribution >= 0.6 is 22.9 Å². The average Bonchev–Trinajstić information content (AvgIpc) is 3.15. The number of thiophene rings is 1. The molecule has 1 aromatic heterocycles. The monoisotopic (exact) mass is 465 g/mol. The summed E-state index contributed by atoms with van der Waals surface area (Å²) in [6, 6.07) is 19.3. The fourth-order valence-corrected chi connectivity index (χ4v) is 5.74. The number of carbonyl (C=O) groups is 1. The predicted octanol–water partition coefficient (Wildman–Crippen LogP) is 5.57.